The second-order valence-corrected chi connectivity index (χ2v) is 4.24. The Kier molecular flexibility index (Phi) is 5.29. The summed E-state index contributed by atoms with van der Waals surface area (Å²) in [5.41, 5.74) is 1.08. The van der Waals surface area contributed by atoms with Crippen LogP contribution in [0.3, 0.4) is 0 Å². The summed E-state index contributed by atoms with van der Waals surface area (Å²) in [7, 11) is 0. The van der Waals surface area contributed by atoms with Crippen molar-refractivity contribution >= 4 is 0 Å². The molecule has 90 valence electrons. The minimum Gasteiger partial charge on any atom is -0.374 e. The predicted molar refractivity (Wildman–Crippen MR) is 63.2 cm³/mol. The number of ether oxygens (including phenoxy) is 1. The molecule has 0 aliphatic heterocycles. The molecule has 0 unspecified atom stereocenters. The van der Waals surface area contributed by atoms with Crippen LogP contribution in [0.4, 0.5) is 0 Å². The van der Waals surface area contributed by atoms with Crippen molar-refractivity contribution in [1.82, 2.24) is 0 Å². The normalized spacial score (nSPS) is 11.1. The Labute approximate surface area is 97.3 Å². The van der Waals surface area contributed by atoms with Gasteiger partial charge in [0.05, 0.1) is 18.8 Å². The van der Waals surface area contributed by atoms with Crippen molar-refractivity contribution in [3.8, 4) is 5.75 Å². The minimum atomic E-state index is 0.0515. The summed E-state index contributed by atoms with van der Waals surface area (Å²) in [5, 5.41) is 0. The van der Waals surface area contributed by atoms with E-state index in [9.17, 15) is 0 Å². The van der Waals surface area contributed by atoms with Crippen LogP contribution in [-0.4, -0.2) is 12.2 Å². The minimum absolute atomic E-state index is 0.0515. The van der Waals surface area contributed by atoms with Crippen molar-refractivity contribution in [2.24, 2.45) is 0 Å². The number of benzene rings is 1. The highest BCUT2D eigenvalue weighted by molar-refractivity contribution is 5.27. The lowest BCUT2D eigenvalue weighted by Crippen LogP contribution is -2.06. The summed E-state index contributed by atoms with van der Waals surface area (Å²) >= 11 is 0. The molecule has 0 spiro atoms. The molecule has 0 heterocycles. The highest BCUT2D eigenvalue weighted by Gasteiger charge is 2.01. The molecular weight excluding hydrogens is 204 g/mol. The molecule has 0 aliphatic rings. The highest BCUT2D eigenvalue weighted by atomic mass is 17.2. The smallest absolute Gasteiger partial charge is 0.165 e. The molecule has 0 saturated carbocycles. The molecule has 0 amide bonds. The third kappa shape index (κ3) is 5.14. The van der Waals surface area contributed by atoms with E-state index in [2.05, 4.69) is 0 Å². The van der Waals surface area contributed by atoms with Crippen LogP contribution >= 0.6 is 0 Å². The maximum atomic E-state index is 5.51. The highest BCUT2D eigenvalue weighted by Crippen LogP contribution is 2.15. The van der Waals surface area contributed by atoms with E-state index in [-0.39, 0.29) is 12.2 Å². The summed E-state index contributed by atoms with van der Waals surface area (Å²) in [5.74, 6) is 0.707. The van der Waals surface area contributed by atoms with Gasteiger partial charge >= 0.3 is 0 Å². The second kappa shape index (κ2) is 6.51. The molecule has 16 heavy (non-hydrogen) atoms. The third-order valence-corrected chi connectivity index (χ3v) is 1.82. The summed E-state index contributed by atoms with van der Waals surface area (Å²) in [6.07, 6.45) is 0.284. The van der Waals surface area contributed by atoms with Crippen molar-refractivity contribution in [2.75, 3.05) is 0 Å². The fraction of sp³-hybridized carbons (Fsp3) is 0.538. The number of hydrogen-bond donors (Lipinski definition) is 0. The first-order valence-corrected chi connectivity index (χ1v) is 5.62. The van der Waals surface area contributed by atoms with Crippen molar-refractivity contribution < 1.29 is 14.5 Å². The van der Waals surface area contributed by atoms with Crippen LogP contribution in [0.15, 0.2) is 24.3 Å². The molecule has 1 rings (SSSR count). The molecule has 0 N–H and O–H groups in total. The summed E-state index contributed by atoms with van der Waals surface area (Å²) in [4.78, 5) is 10.2. The molecule has 0 saturated heterocycles. The Morgan fingerprint density at radius 2 is 1.81 bits per heavy atom. The van der Waals surface area contributed by atoms with Crippen LogP contribution in [0.5, 0.6) is 5.75 Å². The van der Waals surface area contributed by atoms with E-state index >= 15 is 0 Å². The van der Waals surface area contributed by atoms with E-state index in [1.807, 2.05) is 52.0 Å². The van der Waals surface area contributed by atoms with Gasteiger partial charge in [-0.15, -0.1) is 0 Å². The molecule has 1 aromatic rings. The fourth-order valence-electron chi connectivity index (χ4n) is 1.10. The lowest BCUT2D eigenvalue weighted by Gasteiger charge is -2.10. The second-order valence-electron chi connectivity index (χ2n) is 4.24. The van der Waals surface area contributed by atoms with Crippen molar-refractivity contribution in [3.63, 3.8) is 0 Å². The maximum absolute atomic E-state index is 5.51. The van der Waals surface area contributed by atoms with Gasteiger partial charge in [-0.25, -0.2) is 0 Å². The zero-order valence-corrected chi connectivity index (χ0v) is 10.4. The quantitative estimate of drug-likeness (QED) is 0.548. The monoisotopic (exact) mass is 224 g/mol. The first kappa shape index (κ1) is 13.0. The lowest BCUT2D eigenvalue weighted by molar-refractivity contribution is -0.234. The first-order chi connectivity index (χ1) is 7.58. The lowest BCUT2D eigenvalue weighted by atomic mass is 10.2. The van der Waals surface area contributed by atoms with Crippen molar-refractivity contribution in [3.05, 3.63) is 29.8 Å². The van der Waals surface area contributed by atoms with E-state index in [4.69, 9.17) is 14.5 Å². The Morgan fingerprint density at radius 3 is 2.44 bits per heavy atom. The van der Waals surface area contributed by atoms with Gasteiger partial charge in [-0.3, -0.25) is 0 Å². The van der Waals surface area contributed by atoms with Crippen molar-refractivity contribution in [2.45, 2.75) is 46.5 Å². The Bertz CT molecular complexity index is 281. The molecule has 3 heteroatoms. The van der Waals surface area contributed by atoms with Crippen LogP contribution < -0.4 is 4.89 Å². The van der Waals surface area contributed by atoms with E-state index in [1.165, 1.54) is 0 Å². The van der Waals surface area contributed by atoms with Gasteiger partial charge in [-0.1, -0.05) is 12.1 Å². The van der Waals surface area contributed by atoms with E-state index in [0.717, 1.165) is 5.56 Å². The summed E-state index contributed by atoms with van der Waals surface area (Å²) < 4.78 is 5.51. The molecular formula is C13H20O3. The Morgan fingerprint density at radius 1 is 1.06 bits per heavy atom. The largest absolute Gasteiger partial charge is 0.374 e. The molecule has 0 aromatic heterocycles. The molecule has 3 nitrogen and oxygen atoms in total. The van der Waals surface area contributed by atoms with Gasteiger partial charge in [0.25, 0.3) is 0 Å². The van der Waals surface area contributed by atoms with Gasteiger partial charge < -0.3 is 9.62 Å². The average Bonchev–Trinajstić information content (AvgIpc) is 2.24. The van der Waals surface area contributed by atoms with Gasteiger partial charge in [0, 0.05) is 0 Å². The van der Waals surface area contributed by atoms with Gasteiger partial charge in [0.15, 0.2) is 5.75 Å². The summed E-state index contributed by atoms with van der Waals surface area (Å²) in [6.45, 7) is 8.47. The molecule has 0 fully saturated rings. The average molecular weight is 224 g/mol. The van der Waals surface area contributed by atoms with E-state index in [1.54, 1.807) is 0 Å². The molecule has 1 aromatic carbocycles. The van der Waals surface area contributed by atoms with Gasteiger partial charge in [-0.05, 0) is 45.4 Å². The van der Waals surface area contributed by atoms with Crippen LogP contribution in [0, 0.1) is 0 Å². The molecule has 0 bridgehead atoms. The first-order valence-electron chi connectivity index (χ1n) is 5.62. The third-order valence-electron chi connectivity index (χ3n) is 1.82. The fourth-order valence-corrected chi connectivity index (χ4v) is 1.10. The molecule has 0 atom stereocenters. The van der Waals surface area contributed by atoms with Gasteiger partial charge in [-0.2, -0.15) is 4.89 Å². The Balaban J connectivity index is 2.50. The maximum Gasteiger partial charge on any atom is 0.165 e. The van der Waals surface area contributed by atoms with Gasteiger partial charge in [0.2, 0.25) is 0 Å². The number of hydrogen-bond acceptors (Lipinski definition) is 3. The van der Waals surface area contributed by atoms with E-state index < -0.39 is 0 Å². The summed E-state index contributed by atoms with van der Waals surface area (Å²) in [6, 6.07) is 7.72. The SMILES string of the molecule is CC(C)OCc1cccc(OOC(C)C)c1. The standard InChI is InChI=1S/C13H20O3/c1-10(2)14-9-12-6-5-7-13(8-12)16-15-11(3)4/h5-8,10-11H,9H2,1-4H3. The zero-order valence-electron chi connectivity index (χ0n) is 10.4. The van der Waals surface area contributed by atoms with Gasteiger partial charge in [0.1, 0.15) is 0 Å². The van der Waals surface area contributed by atoms with E-state index in [0.29, 0.717) is 12.4 Å². The molecule has 0 radical (unpaired) electrons. The molecule has 0 aliphatic carbocycles. The Hall–Kier alpha value is -1.06. The number of rotatable bonds is 6. The zero-order chi connectivity index (χ0) is 12.0. The van der Waals surface area contributed by atoms with Crippen LogP contribution in [0.1, 0.15) is 33.3 Å². The van der Waals surface area contributed by atoms with Crippen LogP contribution in [0.25, 0.3) is 0 Å². The van der Waals surface area contributed by atoms with Crippen molar-refractivity contribution in [1.29, 1.82) is 0 Å². The van der Waals surface area contributed by atoms with Crippen LogP contribution in [0.2, 0.25) is 0 Å². The van der Waals surface area contributed by atoms with Crippen LogP contribution in [-0.2, 0) is 16.2 Å². The predicted octanol–water partition coefficient (Wildman–Crippen LogP) is 3.33. The topological polar surface area (TPSA) is 27.7 Å².